The number of benzene rings is 1. The molecule has 0 saturated carbocycles. The highest BCUT2D eigenvalue weighted by Gasteiger charge is 2.27. The Morgan fingerprint density at radius 1 is 1.14 bits per heavy atom. The molecule has 0 aliphatic rings. The number of hydrogen-bond acceptors (Lipinski definition) is 4. The first-order valence-electron chi connectivity index (χ1n) is 5.92. The second kappa shape index (κ2) is 6.63. The van der Waals surface area contributed by atoms with E-state index in [-0.39, 0.29) is 18.1 Å². The predicted molar refractivity (Wildman–Crippen MR) is 69.7 cm³/mol. The minimum atomic E-state index is -4.37. The molecule has 0 atom stereocenters. The number of hydrogen-bond donors (Lipinski definition) is 1. The summed E-state index contributed by atoms with van der Waals surface area (Å²) in [4.78, 5) is -0.0133. The molecule has 1 rings (SSSR count). The van der Waals surface area contributed by atoms with Gasteiger partial charge in [-0.1, -0.05) is 0 Å². The Hall–Kier alpha value is -1.32. The summed E-state index contributed by atoms with van der Waals surface area (Å²) in [7, 11) is -3.82. The van der Waals surface area contributed by atoms with Crippen LogP contribution in [0.1, 0.15) is 11.1 Å². The topological polar surface area (TPSA) is 78.6 Å². The third-order valence-corrected chi connectivity index (χ3v) is 3.58. The molecular formula is C12H16F3NO4S. The second-order valence-corrected chi connectivity index (χ2v) is 5.97. The zero-order valence-corrected chi connectivity index (χ0v) is 12.3. The number of rotatable bonds is 6. The Bertz CT molecular complexity index is 599. The van der Waals surface area contributed by atoms with Crippen molar-refractivity contribution in [2.24, 2.45) is 5.14 Å². The maximum atomic E-state index is 11.8. The quantitative estimate of drug-likeness (QED) is 0.810. The van der Waals surface area contributed by atoms with E-state index in [9.17, 15) is 21.6 Å². The van der Waals surface area contributed by atoms with E-state index in [2.05, 4.69) is 4.74 Å². The lowest BCUT2D eigenvalue weighted by Gasteiger charge is -2.13. The van der Waals surface area contributed by atoms with Gasteiger partial charge in [0.1, 0.15) is 19.0 Å². The first-order valence-corrected chi connectivity index (χ1v) is 7.46. The number of ether oxygens (including phenoxy) is 2. The molecule has 0 unspecified atom stereocenters. The van der Waals surface area contributed by atoms with E-state index in [0.717, 1.165) is 0 Å². The van der Waals surface area contributed by atoms with E-state index in [1.807, 2.05) is 0 Å². The number of halogens is 3. The number of nitrogens with two attached hydrogens (primary N) is 1. The van der Waals surface area contributed by atoms with Crippen molar-refractivity contribution in [3.05, 3.63) is 23.3 Å². The smallest absolute Gasteiger partial charge is 0.411 e. The van der Waals surface area contributed by atoms with Crippen LogP contribution in [0.4, 0.5) is 13.2 Å². The van der Waals surface area contributed by atoms with E-state index in [1.54, 1.807) is 13.8 Å². The highest BCUT2D eigenvalue weighted by atomic mass is 32.2. The molecule has 1 aromatic rings. The van der Waals surface area contributed by atoms with E-state index < -0.39 is 22.8 Å². The van der Waals surface area contributed by atoms with Crippen molar-refractivity contribution in [3.8, 4) is 5.75 Å². The van der Waals surface area contributed by atoms with Crippen LogP contribution in [0, 0.1) is 13.8 Å². The van der Waals surface area contributed by atoms with Crippen molar-refractivity contribution in [2.45, 2.75) is 24.9 Å². The van der Waals surface area contributed by atoms with Crippen LogP contribution in [-0.2, 0) is 14.8 Å². The van der Waals surface area contributed by atoms with Crippen LogP contribution >= 0.6 is 0 Å². The normalized spacial score (nSPS) is 12.5. The SMILES string of the molecule is Cc1cc(S(N)(=O)=O)c(C)cc1OCCOCC(F)(F)F. The van der Waals surface area contributed by atoms with Crippen LogP contribution in [0.15, 0.2) is 17.0 Å². The van der Waals surface area contributed by atoms with Gasteiger partial charge in [-0.25, -0.2) is 13.6 Å². The minimum absolute atomic E-state index is 0.0133. The van der Waals surface area contributed by atoms with Crippen molar-refractivity contribution in [1.29, 1.82) is 0 Å². The molecular weight excluding hydrogens is 311 g/mol. The van der Waals surface area contributed by atoms with Gasteiger partial charge in [-0.05, 0) is 37.1 Å². The monoisotopic (exact) mass is 327 g/mol. The van der Waals surface area contributed by atoms with Crippen molar-refractivity contribution in [2.75, 3.05) is 19.8 Å². The van der Waals surface area contributed by atoms with Crippen molar-refractivity contribution < 1.29 is 31.1 Å². The van der Waals surface area contributed by atoms with Crippen LogP contribution in [0.5, 0.6) is 5.75 Å². The van der Waals surface area contributed by atoms with Crippen LogP contribution in [0.2, 0.25) is 0 Å². The third kappa shape index (κ3) is 5.90. The first-order chi connectivity index (χ1) is 9.50. The predicted octanol–water partition coefficient (Wildman–Crippen LogP) is 1.91. The molecule has 0 aliphatic carbocycles. The Labute approximate surface area is 120 Å². The summed E-state index contributed by atoms with van der Waals surface area (Å²) in [5.74, 6) is 0.371. The van der Waals surface area contributed by atoms with Crippen LogP contribution in [0.25, 0.3) is 0 Å². The third-order valence-electron chi connectivity index (χ3n) is 2.53. The summed E-state index contributed by atoms with van der Waals surface area (Å²) >= 11 is 0. The molecule has 0 spiro atoms. The van der Waals surface area contributed by atoms with Gasteiger partial charge in [0.15, 0.2) is 0 Å². The van der Waals surface area contributed by atoms with Gasteiger partial charge >= 0.3 is 6.18 Å². The summed E-state index contributed by atoms with van der Waals surface area (Å²) in [6.45, 7) is 1.52. The van der Waals surface area contributed by atoms with E-state index in [1.165, 1.54) is 12.1 Å². The molecule has 0 amide bonds. The molecule has 21 heavy (non-hydrogen) atoms. The number of sulfonamides is 1. The van der Waals surface area contributed by atoms with Crippen LogP contribution in [-0.4, -0.2) is 34.4 Å². The molecule has 5 nitrogen and oxygen atoms in total. The lowest BCUT2D eigenvalue weighted by molar-refractivity contribution is -0.175. The van der Waals surface area contributed by atoms with E-state index in [4.69, 9.17) is 9.88 Å². The van der Waals surface area contributed by atoms with Crippen molar-refractivity contribution in [3.63, 3.8) is 0 Å². The average molecular weight is 327 g/mol. The van der Waals surface area contributed by atoms with Gasteiger partial charge in [0.2, 0.25) is 10.0 Å². The Morgan fingerprint density at radius 3 is 2.29 bits per heavy atom. The maximum absolute atomic E-state index is 11.8. The lowest BCUT2D eigenvalue weighted by atomic mass is 10.1. The standard InChI is InChI=1S/C12H16F3NO4S/c1-8-6-11(21(16,17)18)9(2)5-10(8)20-4-3-19-7-12(13,14)15/h5-6H,3-4,7H2,1-2H3,(H2,16,17,18). The molecule has 0 saturated heterocycles. The van der Waals surface area contributed by atoms with E-state index >= 15 is 0 Å². The van der Waals surface area contributed by atoms with Gasteiger partial charge in [0.25, 0.3) is 0 Å². The van der Waals surface area contributed by atoms with Crippen LogP contribution < -0.4 is 9.88 Å². The molecule has 0 fully saturated rings. The number of alkyl halides is 3. The fourth-order valence-corrected chi connectivity index (χ4v) is 2.47. The number of aryl methyl sites for hydroxylation is 2. The molecule has 0 radical (unpaired) electrons. The molecule has 1 aromatic carbocycles. The molecule has 2 N–H and O–H groups in total. The molecule has 0 aliphatic heterocycles. The summed E-state index contributed by atoms with van der Waals surface area (Å²) in [6, 6.07) is 2.83. The second-order valence-electron chi connectivity index (χ2n) is 4.44. The van der Waals surface area contributed by atoms with Crippen molar-refractivity contribution in [1.82, 2.24) is 0 Å². The van der Waals surface area contributed by atoms with Crippen LogP contribution in [0.3, 0.4) is 0 Å². The molecule has 0 bridgehead atoms. The number of primary sulfonamides is 1. The van der Waals surface area contributed by atoms with Gasteiger partial charge in [-0.3, -0.25) is 0 Å². The summed E-state index contributed by atoms with van der Waals surface area (Å²) in [5.41, 5.74) is 0.912. The fourth-order valence-electron chi connectivity index (χ4n) is 1.62. The Balaban J connectivity index is 2.64. The van der Waals surface area contributed by atoms with Gasteiger partial charge in [-0.2, -0.15) is 13.2 Å². The summed E-state index contributed by atoms with van der Waals surface area (Å²) < 4.78 is 67.8. The van der Waals surface area contributed by atoms with Crippen molar-refractivity contribution >= 4 is 10.0 Å². The minimum Gasteiger partial charge on any atom is -0.491 e. The Morgan fingerprint density at radius 2 is 1.76 bits per heavy atom. The van der Waals surface area contributed by atoms with Gasteiger partial charge in [0, 0.05) is 0 Å². The fraction of sp³-hybridized carbons (Fsp3) is 0.500. The first kappa shape index (κ1) is 17.7. The van der Waals surface area contributed by atoms with E-state index in [0.29, 0.717) is 16.9 Å². The molecule has 9 heteroatoms. The van der Waals surface area contributed by atoms with Gasteiger partial charge in [-0.15, -0.1) is 0 Å². The Kier molecular flexibility index (Phi) is 5.60. The average Bonchev–Trinajstić information content (AvgIpc) is 2.29. The zero-order chi connectivity index (χ0) is 16.3. The highest BCUT2D eigenvalue weighted by molar-refractivity contribution is 7.89. The van der Waals surface area contributed by atoms with Gasteiger partial charge in [0.05, 0.1) is 11.5 Å². The van der Waals surface area contributed by atoms with Gasteiger partial charge < -0.3 is 9.47 Å². The molecule has 120 valence electrons. The highest BCUT2D eigenvalue weighted by Crippen LogP contribution is 2.25. The molecule has 0 aromatic heterocycles. The maximum Gasteiger partial charge on any atom is 0.411 e. The largest absolute Gasteiger partial charge is 0.491 e. The lowest BCUT2D eigenvalue weighted by Crippen LogP contribution is -2.19. The molecule has 0 heterocycles. The summed E-state index contributed by atoms with van der Waals surface area (Å²) in [6.07, 6.45) is -4.37. The zero-order valence-electron chi connectivity index (χ0n) is 11.5. The summed E-state index contributed by atoms with van der Waals surface area (Å²) in [5, 5.41) is 5.06.